The first kappa shape index (κ1) is 13.4. The SMILES string of the molecule is Cc1ccc(C(C)N(C)C(=O)c2cccn2C)cc1. The Balaban J connectivity index is 2.19. The third-order valence-corrected chi connectivity index (χ3v) is 3.62. The molecule has 3 nitrogen and oxygen atoms in total. The maximum Gasteiger partial charge on any atom is 0.270 e. The molecule has 2 rings (SSSR count). The Hall–Kier alpha value is -2.03. The summed E-state index contributed by atoms with van der Waals surface area (Å²) in [5.41, 5.74) is 3.09. The summed E-state index contributed by atoms with van der Waals surface area (Å²) < 4.78 is 1.85. The molecule has 0 saturated carbocycles. The molecule has 0 aliphatic heterocycles. The summed E-state index contributed by atoms with van der Waals surface area (Å²) in [6.45, 7) is 4.11. The number of hydrogen-bond donors (Lipinski definition) is 0. The molecule has 1 aromatic heterocycles. The van der Waals surface area contributed by atoms with Crippen LogP contribution in [-0.4, -0.2) is 22.4 Å². The molecule has 0 N–H and O–H groups in total. The van der Waals surface area contributed by atoms with Crippen LogP contribution in [0.15, 0.2) is 42.6 Å². The molecule has 0 saturated heterocycles. The maximum atomic E-state index is 12.4. The van der Waals surface area contributed by atoms with Crippen LogP contribution in [0.3, 0.4) is 0 Å². The van der Waals surface area contributed by atoms with Crippen LogP contribution in [0, 0.1) is 6.92 Å². The highest BCUT2D eigenvalue weighted by Crippen LogP contribution is 2.21. The fraction of sp³-hybridized carbons (Fsp3) is 0.312. The largest absolute Gasteiger partial charge is 0.347 e. The van der Waals surface area contributed by atoms with Crippen LogP contribution in [0.1, 0.15) is 34.6 Å². The predicted molar refractivity (Wildman–Crippen MR) is 77.1 cm³/mol. The summed E-state index contributed by atoms with van der Waals surface area (Å²) in [6, 6.07) is 12.1. The molecule has 2 aromatic rings. The van der Waals surface area contributed by atoms with Gasteiger partial charge in [-0.15, -0.1) is 0 Å². The lowest BCUT2D eigenvalue weighted by Gasteiger charge is -2.25. The zero-order valence-electron chi connectivity index (χ0n) is 11.9. The maximum absolute atomic E-state index is 12.4. The Morgan fingerprint density at radius 3 is 2.37 bits per heavy atom. The van der Waals surface area contributed by atoms with E-state index in [-0.39, 0.29) is 11.9 Å². The van der Waals surface area contributed by atoms with E-state index < -0.39 is 0 Å². The topological polar surface area (TPSA) is 25.2 Å². The van der Waals surface area contributed by atoms with Crippen LogP contribution in [0.2, 0.25) is 0 Å². The van der Waals surface area contributed by atoms with Crippen LogP contribution < -0.4 is 0 Å². The van der Waals surface area contributed by atoms with Crippen LogP contribution >= 0.6 is 0 Å². The molecule has 0 radical (unpaired) electrons. The molecule has 0 aliphatic carbocycles. The fourth-order valence-electron chi connectivity index (χ4n) is 2.11. The minimum atomic E-state index is 0.0422. The van der Waals surface area contributed by atoms with Gasteiger partial charge in [-0.25, -0.2) is 0 Å². The third-order valence-electron chi connectivity index (χ3n) is 3.62. The number of aromatic nitrogens is 1. The van der Waals surface area contributed by atoms with Gasteiger partial charge in [0.1, 0.15) is 5.69 Å². The van der Waals surface area contributed by atoms with Gasteiger partial charge in [0.2, 0.25) is 0 Å². The van der Waals surface area contributed by atoms with Gasteiger partial charge in [-0.1, -0.05) is 29.8 Å². The number of hydrogen-bond acceptors (Lipinski definition) is 1. The predicted octanol–water partition coefficient (Wildman–Crippen LogP) is 3.17. The summed E-state index contributed by atoms with van der Waals surface area (Å²) in [5.74, 6) is 0.0422. The zero-order valence-corrected chi connectivity index (χ0v) is 11.9. The molecule has 0 bridgehead atoms. The number of nitrogens with zero attached hydrogens (tertiary/aromatic N) is 2. The molecule has 0 fully saturated rings. The van der Waals surface area contributed by atoms with E-state index in [1.54, 1.807) is 4.90 Å². The number of aryl methyl sites for hydroxylation is 2. The summed E-state index contributed by atoms with van der Waals surface area (Å²) in [7, 11) is 3.73. The van der Waals surface area contributed by atoms with Gasteiger partial charge in [0.25, 0.3) is 5.91 Å². The van der Waals surface area contributed by atoms with Crippen molar-refractivity contribution < 1.29 is 4.79 Å². The van der Waals surface area contributed by atoms with Gasteiger partial charge in [0.05, 0.1) is 6.04 Å². The summed E-state index contributed by atoms with van der Waals surface area (Å²) in [6.07, 6.45) is 1.89. The Kier molecular flexibility index (Phi) is 3.74. The van der Waals surface area contributed by atoms with Crippen LogP contribution in [0.25, 0.3) is 0 Å². The second-order valence-electron chi connectivity index (χ2n) is 5.01. The van der Waals surface area contributed by atoms with E-state index in [2.05, 4.69) is 31.2 Å². The molecule has 1 atom stereocenters. The fourth-order valence-corrected chi connectivity index (χ4v) is 2.11. The van der Waals surface area contributed by atoms with E-state index in [0.29, 0.717) is 5.69 Å². The van der Waals surface area contributed by atoms with Crippen LogP contribution in [-0.2, 0) is 7.05 Å². The van der Waals surface area contributed by atoms with Crippen molar-refractivity contribution in [2.24, 2.45) is 7.05 Å². The number of carbonyl (C=O) groups excluding carboxylic acids is 1. The van der Waals surface area contributed by atoms with Gasteiger partial charge in [0.15, 0.2) is 0 Å². The standard InChI is InChI=1S/C16H20N2O/c1-12-7-9-14(10-8-12)13(2)18(4)16(19)15-6-5-11-17(15)3/h5-11,13H,1-4H3. The van der Waals surface area contributed by atoms with Gasteiger partial charge in [-0.2, -0.15) is 0 Å². The minimum Gasteiger partial charge on any atom is -0.347 e. The van der Waals surface area contributed by atoms with Crippen molar-refractivity contribution in [1.29, 1.82) is 0 Å². The van der Waals surface area contributed by atoms with E-state index in [9.17, 15) is 4.79 Å². The summed E-state index contributed by atoms with van der Waals surface area (Å²) >= 11 is 0. The number of amides is 1. The highest BCUT2D eigenvalue weighted by atomic mass is 16.2. The molecule has 1 amide bonds. The third kappa shape index (κ3) is 2.70. The van der Waals surface area contributed by atoms with E-state index in [1.807, 2.05) is 43.9 Å². The van der Waals surface area contributed by atoms with Crippen molar-refractivity contribution in [2.45, 2.75) is 19.9 Å². The second kappa shape index (κ2) is 5.31. The van der Waals surface area contributed by atoms with Crippen molar-refractivity contribution in [3.63, 3.8) is 0 Å². The smallest absolute Gasteiger partial charge is 0.270 e. The first-order chi connectivity index (χ1) is 9.00. The average molecular weight is 256 g/mol. The zero-order chi connectivity index (χ0) is 14.0. The van der Waals surface area contributed by atoms with Gasteiger partial charge in [-0.05, 0) is 31.5 Å². The lowest BCUT2D eigenvalue weighted by Crippen LogP contribution is -2.30. The molecule has 1 heterocycles. The number of carbonyl (C=O) groups is 1. The molecule has 3 heteroatoms. The normalized spacial score (nSPS) is 12.2. The molecule has 0 spiro atoms. The molecular weight excluding hydrogens is 236 g/mol. The van der Waals surface area contributed by atoms with Gasteiger partial charge >= 0.3 is 0 Å². The Morgan fingerprint density at radius 1 is 1.21 bits per heavy atom. The molecule has 19 heavy (non-hydrogen) atoms. The van der Waals surface area contributed by atoms with Crippen molar-refractivity contribution in [1.82, 2.24) is 9.47 Å². The van der Waals surface area contributed by atoms with Crippen molar-refractivity contribution in [2.75, 3.05) is 7.05 Å². The average Bonchev–Trinajstić information content (AvgIpc) is 2.83. The summed E-state index contributed by atoms with van der Waals surface area (Å²) in [4.78, 5) is 14.2. The van der Waals surface area contributed by atoms with Crippen molar-refractivity contribution >= 4 is 5.91 Å². The highest BCUT2D eigenvalue weighted by molar-refractivity contribution is 5.92. The van der Waals surface area contributed by atoms with E-state index >= 15 is 0 Å². The molecule has 100 valence electrons. The van der Waals surface area contributed by atoms with Crippen molar-refractivity contribution in [3.05, 3.63) is 59.4 Å². The highest BCUT2D eigenvalue weighted by Gasteiger charge is 2.20. The Bertz CT molecular complexity index is 569. The first-order valence-corrected chi connectivity index (χ1v) is 6.45. The molecule has 1 aromatic carbocycles. The van der Waals surface area contributed by atoms with E-state index in [0.717, 1.165) is 5.56 Å². The molecule has 1 unspecified atom stereocenters. The van der Waals surface area contributed by atoms with Gasteiger partial charge in [0, 0.05) is 20.3 Å². The van der Waals surface area contributed by atoms with Crippen LogP contribution in [0.4, 0.5) is 0 Å². The molecular formula is C16H20N2O. The lowest BCUT2D eigenvalue weighted by molar-refractivity contribution is 0.0733. The number of rotatable bonds is 3. The minimum absolute atomic E-state index is 0.0422. The number of benzene rings is 1. The molecule has 0 aliphatic rings. The Morgan fingerprint density at radius 2 is 1.84 bits per heavy atom. The summed E-state index contributed by atoms with van der Waals surface area (Å²) in [5, 5.41) is 0. The Labute approximate surface area is 114 Å². The van der Waals surface area contributed by atoms with Crippen LogP contribution in [0.5, 0.6) is 0 Å². The van der Waals surface area contributed by atoms with Crippen molar-refractivity contribution in [3.8, 4) is 0 Å². The lowest BCUT2D eigenvalue weighted by atomic mass is 10.1. The first-order valence-electron chi connectivity index (χ1n) is 6.45. The second-order valence-corrected chi connectivity index (χ2v) is 5.01. The van der Waals surface area contributed by atoms with E-state index in [4.69, 9.17) is 0 Å². The van der Waals surface area contributed by atoms with Gasteiger partial charge in [-0.3, -0.25) is 4.79 Å². The quantitative estimate of drug-likeness (QED) is 0.828. The van der Waals surface area contributed by atoms with Gasteiger partial charge < -0.3 is 9.47 Å². The van der Waals surface area contributed by atoms with E-state index in [1.165, 1.54) is 5.56 Å². The monoisotopic (exact) mass is 256 g/mol.